The van der Waals surface area contributed by atoms with Crippen molar-refractivity contribution in [3.63, 3.8) is 0 Å². The van der Waals surface area contributed by atoms with Crippen molar-refractivity contribution in [1.82, 2.24) is 0 Å². The van der Waals surface area contributed by atoms with Crippen molar-refractivity contribution in [2.45, 2.75) is 23.1 Å². The van der Waals surface area contributed by atoms with E-state index in [-0.39, 0.29) is 0 Å². The first-order valence-electron chi connectivity index (χ1n) is 2.55. The quantitative estimate of drug-likeness (QED) is 0.232. The van der Waals surface area contributed by atoms with Crippen LogP contribution >= 0.6 is 25.3 Å². The van der Waals surface area contributed by atoms with Crippen LogP contribution in [0.15, 0.2) is 0 Å². The third kappa shape index (κ3) is 3.09. The van der Waals surface area contributed by atoms with Gasteiger partial charge in [0.25, 0.3) is 0 Å². The van der Waals surface area contributed by atoms with Gasteiger partial charge in [-0.05, 0) is 0 Å². The summed E-state index contributed by atoms with van der Waals surface area (Å²) in [5.74, 6) is 0. The van der Waals surface area contributed by atoms with E-state index < -0.39 is 23.1 Å². The van der Waals surface area contributed by atoms with Crippen molar-refractivity contribution in [2.75, 3.05) is 0 Å². The number of thiol groups is 2. The van der Waals surface area contributed by atoms with Crippen LogP contribution in [0.25, 0.3) is 0 Å². The molecule has 6 heteroatoms. The van der Waals surface area contributed by atoms with Crippen LogP contribution in [0, 0.1) is 0 Å². The van der Waals surface area contributed by atoms with Crippen LogP contribution < -0.4 is 0 Å². The number of rotatable bonds is 3. The van der Waals surface area contributed by atoms with Gasteiger partial charge < -0.3 is 20.4 Å². The maximum absolute atomic E-state index is 8.78. The maximum Gasteiger partial charge on any atom is 0.125 e. The Morgan fingerprint density at radius 1 is 0.700 bits per heavy atom. The molecule has 0 unspecified atom stereocenters. The SMILES string of the molecule is O[C@@H]([C@H](O)[C@@H](O)S)[C@H](O)S. The molecule has 0 spiro atoms. The predicted octanol–water partition coefficient (Wildman–Crippen LogP) is -1.80. The van der Waals surface area contributed by atoms with Crippen LogP contribution in [0.2, 0.25) is 0 Å². The summed E-state index contributed by atoms with van der Waals surface area (Å²) in [6.45, 7) is 0. The number of hydrogen-bond donors (Lipinski definition) is 6. The molecule has 0 aromatic rings. The van der Waals surface area contributed by atoms with Crippen LogP contribution in [0.4, 0.5) is 0 Å². The van der Waals surface area contributed by atoms with Gasteiger partial charge in [0.05, 0.1) is 0 Å². The van der Waals surface area contributed by atoms with E-state index in [1.807, 2.05) is 0 Å². The summed E-state index contributed by atoms with van der Waals surface area (Å²) < 4.78 is 0. The Bertz CT molecular complexity index is 85.3. The summed E-state index contributed by atoms with van der Waals surface area (Å²) in [5, 5.41) is 34.7. The molecule has 0 saturated carbocycles. The average Bonchev–Trinajstić information content (AvgIpc) is 1.84. The van der Waals surface area contributed by atoms with Crippen molar-refractivity contribution >= 4 is 25.3 Å². The largest absolute Gasteiger partial charge is 0.387 e. The molecule has 0 aliphatic rings. The fourth-order valence-corrected chi connectivity index (χ4v) is 0.705. The standard InChI is InChI=1S/C4H10O4S2/c5-1(3(7)9)2(6)4(8)10/h1-10H/t1-,2-,3-,4+/m0/s1. The maximum atomic E-state index is 8.78. The second-order valence-corrected chi connectivity index (χ2v) is 2.87. The smallest absolute Gasteiger partial charge is 0.125 e. The number of hydrogen-bond acceptors (Lipinski definition) is 6. The van der Waals surface area contributed by atoms with Gasteiger partial charge in [-0.15, -0.1) is 25.3 Å². The van der Waals surface area contributed by atoms with Crippen LogP contribution in [0.5, 0.6) is 0 Å². The van der Waals surface area contributed by atoms with Gasteiger partial charge in [-0.1, -0.05) is 0 Å². The first-order chi connectivity index (χ1) is 4.46. The molecule has 0 amide bonds. The van der Waals surface area contributed by atoms with E-state index in [4.69, 9.17) is 20.4 Å². The molecule has 4 atom stereocenters. The van der Waals surface area contributed by atoms with E-state index in [9.17, 15) is 0 Å². The van der Waals surface area contributed by atoms with Gasteiger partial charge in [0, 0.05) is 0 Å². The van der Waals surface area contributed by atoms with Crippen LogP contribution in [0.3, 0.4) is 0 Å². The van der Waals surface area contributed by atoms with Gasteiger partial charge in [0.2, 0.25) is 0 Å². The van der Waals surface area contributed by atoms with E-state index in [1.54, 1.807) is 0 Å². The first-order valence-corrected chi connectivity index (χ1v) is 3.58. The van der Waals surface area contributed by atoms with Gasteiger partial charge >= 0.3 is 0 Å². The third-order valence-electron chi connectivity index (χ3n) is 0.961. The topological polar surface area (TPSA) is 80.9 Å². The summed E-state index contributed by atoms with van der Waals surface area (Å²) in [5.41, 5.74) is -2.76. The Morgan fingerprint density at radius 3 is 1.00 bits per heavy atom. The Labute approximate surface area is 69.3 Å². The highest BCUT2D eigenvalue weighted by atomic mass is 32.1. The van der Waals surface area contributed by atoms with Crippen LogP contribution in [-0.4, -0.2) is 43.5 Å². The first kappa shape index (κ1) is 10.5. The summed E-state index contributed by atoms with van der Waals surface area (Å²) in [4.78, 5) is 0. The molecule has 4 N–H and O–H groups in total. The Morgan fingerprint density at radius 2 is 0.900 bits per heavy atom. The van der Waals surface area contributed by atoms with Gasteiger partial charge in [-0.2, -0.15) is 0 Å². The Kier molecular flexibility index (Phi) is 4.66. The Balaban J connectivity index is 3.81. The molecule has 62 valence electrons. The zero-order chi connectivity index (χ0) is 8.31. The van der Waals surface area contributed by atoms with Crippen molar-refractivity contribution in [1.29, 1.82) is 0 Å². The second-order valence-electron chi connectivity index (χ2n) is 1.81. The van der Waals surface area contributed by atoms with Gasteiger partial charge in [-0.3, -0.25) is 0 Å². The molecule has 0 heterocycles. The fourth-order valence-electron chi connectivity index (χ4n) is 0.353. The summed E-state index contributed by atoms with van der Waals surface area (Å²) in [6, 6.07) is 0. The highest BCUT2D eigenvalue weighted by Gasteiger charge is 2.26. The zero-order valence-corrected chi connectivity index (χ0v) is 6.78. The van der Waals surface area contributed by atoms with E-state index in [2.05, 4.69) is 25.3 Å². The molecule has 0 saturated heterocycles. The molecule has 0 rings (SSSR count). The van der Waals surface area contributed by atoms with Crippen LogP contribution in [0.1, 0.15) is 0 Å². The molecule has 0 fully saturated rings. The number of aliphatic hydroxyl groups is 4. The lowest BCUT2D eigenvalue weighted by atomic mass is 10.2. The fraction of sp³-hybridized carbons (Fsp3) is 1.00. The zero-order valence-electron chi connectivity index (χ0n) is 4.99. The number of aliphatic hydroxyl groups excluding tert-OH is 4. The highest BCUT2D eigenvalue weighted by Crippen LogP contribution is 2.08. The van der Waals surface area contributed by atoms with Crippen LogP contribution in [-0.2, 0) is 0 Å². The predicted molar refractivity (Wildman–Crippen MR) is 42.0 cm³/mol. The van der Waals surface area contributed by atoms with Crippen molar-refractivity contribution in [3.8, 4) is 0 Å². The van der Waals surface area contributed by atoms with E-state index >= 15 is 0 Å². The second kappa shape index (κ2) is 4.42. The lowest BCUT2D eigenvalue weighted by molar-refractivity contribution is -0.0576. The summed E-state index contributed by atoms with van der Waals surface area (Å²) in [6.07, 6.45) is -2.98. The minimum Gasteiger partial charge on any atom is -0.387 e. The normalized spacial score (nSPS) is 23.4. The van der Waals surface area contributed by atoms with Crippen molar-refractivity contribution in [3.05, 3.63) is 0 Å². The van der Waals surface area contributed by atoms with E-state index in [0.717, 1.165) is 0 Å². The molecule has 0 radical (unpaired) electrons. The van der Waals surface area contributed by atoms with Gasteiger partial charge in [0.1, 0.15) is 23.1 Å². The molecule has 0 aliphatic heterocycles. The van der Waals surface area contributed by atoms with Gasteiger partial charge in [0.15, 0.2) is 0 Å². The Hall–Kier alpha value is 0.540. The molecular weight excluding hydrogens is 176 g/mol. The van der Waals surface area contributed by atoms with E-state index in [0.29, 0.717) is 0 Å². The van der Waals surface area contributed by atoms with Gasteiger partial charge in [-0.25, -0.2) is 0 Å². The van der Waals surface area contributed by atoms with E-state index in [1.165, 1.54) is 0 Å². The molecule has 0 bridgehead atoms. The summed E-state index contributed by atoms with van der Waals surface area (Å²) >= 11 is 6.85. The lowest BCUT2D eigenvalue weighted by Gasteiger charge is -2.20. The monoisotopic (exact) mass is 186 g/mol. The minimum atomic E-state index is -1.49. The lowest BCUT2D eigenvalue weighted by Crippen LogP contribution is -2.40. The molecule has 0 aromatic carbocycles. The molecule has 0 aliphatic carbocycles. The molecule has 0 aromatic heterocycles. The average molecular weight is 186 g/mol. The third-order valence-corrected chi connectivity index (χ3v) is 1.57. The van der Waals surface area contributed by atoms with Crippen molar-refractivity contribution < 1.29 is 20.4 Å². The highest BCUT2D eigenvalue weighted by molar-refractivity contribution is 7.81. The van der Waals surface area contributed by atoms with Crippen molar-refractivity contribution in [2.24, 2.45) is 0 Å². The minimum absolute atomic E-state index is 1.38. The molecular formula is C4H10O4S2. The summed E-state index contributed by atoms with van der Waals surface area (Å²) in [7, 11) is 0. The molecule has 10 heavy (non-hydrogen) atoms. The molecule has 4 nitrogen and oxygen atoms in total.